The lowest BCUT2D eigenvalue weighted by Gasteiger charge is -2.40. The average molecular weight is 187 g/mol. The monoisotopic (exact) mass is 187 g/mol. The summed E-state index contributed by atoms with van der Waals surface area (Å²) in [5.74, 6) is 0. The predicted molar refractivity (Wildman–Crippen MR) is 52.8 cm³/mol. The largest absolute Gasteiger partial charge is 0.386 e. The number of aliphatic hydroxyl groups is 1. The normalized spacial score (nSPS) is 31.2. The number of nitrogens with zero attached hydrogens (tertiary/aromatic N) is 1. The van der Waals surface area contributed by atoms with Crippen molar-refractivity contribution in [3.8, 4) is 0 Å². The smallest absolute Gasteiger partial charge is 0.101 e. The highest BCUT2D eigenvalue weighted by Crippen LogP contribution is 2.22. The minimum Gasteiger partial charge on any atom is -0.386 e. The Kier molecular flexibility index (Phi) is 3.71. The first kappa shape index (κ1) is 11.0. The summed E-state index contributed by atoms with van der Waals surface area (Å²) in [6.07, 6.45) is 1.93. The summed E-state index contributed by atoms with van der Waals surface area (Å²) in [6.45, 7) is 6.63. The molecule has 1 heterocycles. The number of ether oxygens (including phenoxy) is 1. The minimum absolute atomic E-state index is 0.455. The van der Waals surface area contributed by atoms with E-state index in [1.807, 2.05) is 0 Å². The second-order valence-corrected chi connectivity index (χ2v) is 4.33. The van der Waals surface area contributed by atoms with Gasteiger partial charge in [-0.15, -0.1) is 0 Å². The van der Waals surface area contributed by atoms with Gasteiger partial charge in [0.2, 0.25) is 0 Å². The molecule has 0 unspecified atom stereocenters. The molecule has 0 saturated carbocycles. The lowest BCUT2D eigenvalue weighted by atomic mass is 9.93. The fourth-order valence-corrected chi connectivity index (χ4v) is 1.97. The summed E-state index contributed by atoms with van der Waals surface area (Å²) >= 11 is 0. The number of piperidine rings is 1. The molecule has 1 aliphatic heterocycles. The standard InChI is InChI=1S/C10H21NO2/c1-9(2)11-6-4-5-10(12,7-11)8-13-3/h9,12H,4-8H2,1-3H3/t10-/m1/s1. The Balaban J connectivity index is 2.49. The molecule has 0 aromatic carbocycles. The zero-order chi connectivity index (χ0) is 9.90. The Morgan fingerprint density at radius 3 is 2.77 bits per heavy atom. The summed E-state index contributed by atoms with van der Waals surface area (Å²) in [7, 11) is 1.65. The van der Waals surface area contributed by atoms with Crippen LogP contribution >= 0.6 is 0 Å². The van der Waals surface area contributed by atoms with Gasteiger partial charge in [-0.3, -0.25) is 4.90 Å². The number of likely N-dealkylation sites (tertiary alicyclic amines) is 1. The summed E-state index contributed by atoms with van der Waals surface area (Å²) < 4.78 is 5.04. The first-order chi connectivity index (χ1) is 6.07. The summed E-state index contributed by atoms with van der Waals surface area (Å²) in [6, 6.07) is 0.517. The molecule has 1 rings (SSSR count). The maximum absolute atomic E-state index is 10.1. The van der Waals surface area contributed by atoms with Crippen LogP contribution in [-0.4, -0.2) is 48.5 Å². The molecule has 0 aliphatic carbocycles. The molecule has 78 valence electrons. The molecule has 0 radical (unpaired) electrons. The highest BCUT2D eigenvalue weighted by Gasteiger charge is 2.33. The topological polar surface area (TPSA) is 32.7 Å². The zero-order valence-corrected chi connectivity index (χ0v) is 8.92. The van der Waals surface area contributed by atoms with Gasteiger partial charge in [-0.05, 0) is 33.2 Å². The molecule has 1 aliphatic rings. The summed E-state index contributed by atoms with van der Waals surface area (Å²) in [4.78, 5) is 2.31. The van der Waals surface area contributed by atoms with Gasteiger partial charge < -0.3 is 9.84 Å². The van der Waals surface area contributed by atoms with E-state index in [0.717, 1.165) is 25.9 Å². The van der Waals surface area contributed by atoms with E-state index in [-0.39, 0.29) is 0 Å². The van der Waals surface area contributed by atoms with Gasteiger partial charge in [-0.1, -0.05) is 0 Å². The fourth-order valence-electron chi connectivity index (χ4n) is 1.97. The Morgan fingerprint density at radius 1 is 1.54 bits per heavy atom. The lowest BCUT2D eigenvalue weighted by molar-refractivity contribution is -0.0832. The summed E-state index contributed by atoms with van der Waals surface area (Å²) in [5.41, 5.74) is -0.614. The van der Waals surface area contributed by atoms with Crippen LogP contribution in [0.5, 0.6) is 0 Å². The SMILES string of the molecule is COC[C@@]1(O)CCCN(C(C)C)C1. The highest BCUT2D eigenvalue weighted by atomic mass is 16.5. The number of hydrogen-bond acceptors (Lipinski definition) is 3. The lowest BCUT2D eigenvalue weighted by Crippen LogP contribution is -2.52. The molecule has 13 heavy (non-hydrogen) atoms. The van der Waals surface area contributed by atoms with Crippen LogP contribution in [0.25, 0.3) is 0 Å². The van der Waals surface area contributed by atoms with Gasteiger partial charge in [-0.25, -0.2) is 0 Å². The fraction of sp³-hybridized carbons (Fsp3) is 1.00. The second kappa shape index (κ2) is 4.40. The molecular weight excluding hydrogens is 166 g/mol. The van der Waals surface area contributed by atoms with Crippen LogP contribution in [0.1, 0.15) is 26.7 Å². The number of methoxy groups -OCH3 is 1. The van der Waals surface area contributed by atoms with E-state index in [4.69, 9.17) is 4.74 Å². The molecule has 1 saturated heterocycles. The van der Waals surface area contributed by atoms with E-state index in [1.54, 1.807) is 7.11 Å². The predicted octanol–water partition coefficient (Wildman–Crippen LogP) is 0.868. The van der Waals surface area contributed by atoms with E-state index >= 15 is 0 Å². The first-order valence-electron chi connectivity index (χ1n) is 5.03. The highest BCUT2D eigenvalue weighted by molar-refractivity contribution is 4.87. The van der Waals surface area contributed by atoms with Gasteiger partial charge in [0.15, 0.2) is 0 Å². The molecule has 0 amide bonds. The molecule has 0 bridgehead atoms. The van der Waals surface area contributed by atoms with Crippen molar-refractivity contribution in [3.63, 3.8) is 0 Å². The molecule has 1 N–H and O–H groups in total. The maximum atomic E-state index is 10.1. The van der Waals surface area contributed by atoms with E-state index in [9.17, 15) is 5.11 Å². The molecule has 0 aromatic rings. The van der Waals surface area contributed by atoms with Crippen molar-refractivity contribution in [1.29, 1.82) is 0 Å². The van der Waals surface area contributed by atoms with Crippen molar-refractivity contribution in [2.24, 2.45) is 0 Å². The third kappa shape index (κ3) is 2.93. The van der Waals surface area contributed by atoms with Crippen LogP contribution in [0, 0.1) is 0 Å². The van der Waals surface area contributed by atoms with Gasteiger partial charge in [0.05, 0.1) is 6.61 Å². The van der Waals surface area contributed by atoms with Crippen LogP contribution < -0.4 is 0 Å². The van der Waals surface area contributed by atoms with Crippen LogP contribution in [0.15, 0.2) is 0 Å². The van der Waals surface area contributed by atoms with Gasteiger partial charge in [-0.2, -0.15) is 0 Å². The Bertz CT molecular complexity index is 157. The third-order valence-corrected chi connectivity index (χ3v) is 2.73. The molecule has 3 nitrogen and oxygen atoms in total. The number of β-amino-alcohol motifs (C(OH)–C–C–N with tert-alkyl or cyclic N) is 1. The van der Waals surface area contributed by atoms with Crippen LogP contribution in [0.2, 0.25) is 0 Å². The third-order valence-electron chi connectivity index (χ3n) is 2.73. The van der Waals surface area contributed by atoms with Gasteiger partial charge in [0, 0.05) is 19.7 Å². The molecule has 0 aromatic heterocycles. The van der Waals surface area contributed by atoms with Crippen molar-refractivity contribution >= 4 is 0 Å². The molecular formula is C10H21NO2. The van der Waals surface area contributed by atoms with Gasteiger partial charge in [0.25, 0.3) is 0 Å². The molecule has 1 atom stereocenters. The quantitative estimate of drug-likeness (QED) is 0.711. The van der Waals surface area contributed by atoms with Crippen molar-refractivity contribution < 1.29 is 9.84 Å². The van der Waals surface area contributed by atoms with Gasteiger partial charge >= 0.3 is 0 Å². The number of rotatable bonds is 3. The first-order valence-corrected chi connectivity index (χ1v) is 5.03. The van der Waals surface area contributed by atoms with E-state index in [2.05, 4.69) is 18.7 Å². The Labute approximate surface area is 80.7 Å². The van der Waals surface area contributed by atoms with Crippen molar-refractivity contribution in [2.75, 3.05) is 26.8 Å². The molecule has 3 heteroatoms. The number of hydrogen-bond donors (Lipinski definition) is 1. The Morgan fingerprint density at radius 2 is 2.23 bits per heavy atom. The van der Waals surface area contributed by atoms with Crippen molar-refractivity contribution in [3.05, 3.63) is 0 Å². The van der Waals surface area contributed by atoms with Crippen LogP contribution in [0.3, 0.4) is 0 Å². The second-order valence-electron chi connectivity index (χ2n) is 4.33. The molecule has 1 fully saturated rings. The Hall–Kier alpha value is -0.120. The van der Waals surface area contributed by atoms with Gasteiger partial charge in [0.1, 0.15) is 5.60 Å². The summed E-state index contributed by atoms with van der Waals surface area (Å²) in [5, 5.41) is 10.1. The van der Waals surface area contributed by atoms with E-state index in [0.29, 0.717) is 12.6 Å². The van der Waals surface area contributed by atoms with Crippen LogP contribution in [0.4, 0.5) is 0 Å². The van der Waals surface area contributed by atoms with Crippen LogP contribution in [-0.2, 0) is 4.74 Å². The van der Waals surface area contributed by atoms with Crippen molar-refractivity contribution in [1.82, 2.24) is 4.90 Å². The van der Waals surface area contributed by atoms with E-state index < -0.39 is 5.60 Å². The van der Waals surface area contributed by atoms with Crippen molar-refractivity contribution in [2.45, 2.75) is 38.3 Å². The van der Waals surface area contributed by atoms with E-state index in [1.165, 1.54) is 0 Å². The maximum Gasteiger partial charge on any atom is 0.101 e. The minimum atomic E-state index is -0.614. The zero-order valence-electron chi connectivity index (χ0n) is 8.92. The average Bonchev–Trinajstić information content (AvgIpc) is 2.04. The molecule has 0 spiro atoms.